The average Bonchev–Trinajstić information content (AvgIpc) is 1.83. The minimum Gasteiger partial charge on any atom is -0.508 e. The number of rotatable bonds is 32. The lowest BCUT2D eigenvalue weighted by molar-refractivity contribution is -0.284. The summed E-state index contributed by atoms with van der Waals surface area (Å²) in [6.45, 7) is 8.16. The molecule has 12 nitrogen and oxygen atoms in total. The second-order valence-electron chi connectivity index (χ2n) is 25.8. The van der Waals surface area contributed by atoms with Crippen LogP contribution in [0.2, 0.25) is 0 Å². The minimum atomic E-state index is -5.61. The number of carbonyl (C=O) groups excluding carboxylic acids is 1. The van der Waals surface area contributed by atoms with Crippen LogP contribution in [0.5, 0.6) is 11.5 Å². The highest BCUT2D eigenvalue weighted by Crippen LogP contribution is 2.64. The molecule has 2 unspecified atom stereocenters. The highest BCUT2D eigenvalue weighted by atomic mass is 127. The van der Waals surface area contributed by atoms with Crippen molar-refractivity contribution in [1.82, 2.24) is 0 Å². The van der Waals surface area contributed by atoms with Gasteiger partial charge in [-0.25, -0.2) is 0 Å². The molecule has 0 amide bonds. The number of aliphatic hydroxyl groups excluding tert-OH is 2. The van der Waals surface area contributed by atoms with Crippen LogP contribution in [0.4, 0.5) is 43.9 Å². The summed E-state index contributed by atoms with van der Waals surface area (Å²) in [7, 11) is -1.34. The van der Waals surface area contributed by atoms with Crippen molar-refractivity contribution in [3.63, 3.8) is 0 Å². The lowest BCUT2D eigenvalue weighted by Gasteiger charge is -2.53. The van der Waals surface area contributed by atoms with Crippen molar-refractivity contribution < 1.29 is 101 Å². The molecule has 0 heterocycles. The van der Waals surface area contributed by atoms with Crippen molar-refractivity contribution in [2.24, 2.45) is 46.3 Å². The Hall–Kier alpha value is -2.24. The predicted octanol–water partition coefficient (Wildman–Crippen LogP) is 13.6. The van der Waals surface area contributed by atoms with Crippen molar-refractivity contribution >= 4 is 51.5 Å². The van der Waals surface area contributed by atoms with Crippen molar-refractivity contribution in [2.75, 3.05) is 89.6 Å². The number of alkyl halides is 10. The van der Waals surface area contributed by atoms with Crippen LogP contribution in [0.1, 0.15) is 157 Å². The summed E-state index contributed by atoms with van der Waals surface area (Å²) in [6, 6.07) is 11.4. The highest BCUT2D eigenvalue weighted by Gasteiger charge is 2.60. The molecular weight excluding hydrogens is 1340 g/mol. The van der Waals surface area contributed by atoms with Crippen molar-refractivity contribution in [2.45, 2.75) is 184 Å². The molecule has 6 aliphatic carbocycles. The number of phenolic OH excluding ortho intramolecular Hbond substituents is 1. The van der Waals surface area contributed by atoms with E-state index in [4.69, 9.17) is 28.4 Å². The van der Waals surface area contributed by atoms with Crippen LogP contribution in [0.25, 0.3) is 0 Å². The molecule has 14 atom stereocenters. The van der Waals surface area contributed by atoms with Crippen LogP contribution >= 0.6 is 24.0 Å². The number of hydrogen-bond acceptors (Lipinski definition) is 12. The fourth-order valence-corrected chi connectivity index (χ4v) is 18.1. The van der Waals surface area contributed by atoms with Gasteiger partial charge in [0.1, 0.15) is 11.5 Å². The maximum absolute atomic E-state index is 13.3. The van der Waals surface area contributed by atoms with E-state index in [9.17, 15) is 72.4 Å². The molecule has 2 aromatic carbocycles. The molecule has 510 valence electrons. The van der Waals surface area contributed by atoms with Gasteiger partial charge in [0.2, 0.25) is 0 Å². The second kappa shape index (κ2) is 33.9. The molecule has 0 spiro atoms. The van der Waals surface area contributed by atoms with E-state index >= 15 is 0 Å². The Bertz CT molecular complexity index is 2590. The van der Waals surface area contributed by atoms with Gasteiger partial charge in [0.05, 0.1) is 78.1 Å². The normalized spacial score (nSPS) is 28.8. The topological polar surface area (TPSA) is 167 Å². The van der Waals surface area contributed by atoms with Crippen molar-refractivity contribution in [3.8, 4) is 11.5 Å². The number of halogens is 11. The molecule has 2 aromatic rings. The molecule has 0 radical (unpaired) electrons. The number of ether oxygens (including phenoxy) is 6. The molecule has 6 aliphatic rings. The van der Waals surface area contributed by atoms with E-state index in [2.05, 4.69) is 19.9 Å². The fraction of sp³-hybridized carbons (Fsp3) is 0.797. The van der Waals surface area contributed by atoms with E-state index in [0.29, 0.717) is 107 Å². The maximum atomic E-state index is 13.3. The Labute approximate surface area is 539 Å². The molecule has 8 rings (SSSR count). The molecule has 4 saturated carbocycles. The van der Waals surface area contributed by atoms with E-state index in [1.54, 1.807) is 13.2 Å². The van der Waals surface area contributed by atoms with Crippen LogP contribution < -0.4 is 4.74 Å². The number of fused-ring (bicyclic) bond motifs is 10. The third-order valence-corrected chi connectivity index (χ3v) is 23.3. The summed E-state index contributed by atoms with van der Waals surface area (Å²) < 4.78 is 185. The maximum Gasteiger partial charge on any atom is 0.453 e. The SMILES string of the molecule is COCCOCCOCCOCCOCCC(=O)Oc1ccc2c(c1)C[C@@H](CCCS(=O)CCCC(F)(F)C(F)(F)F)[C@@H]1[C@@H]2CC[C@]2(C)[C@@H](O)CC[C@@H]12.C[C@]12CC[C@@H]3c4ccc(O)cc4C[C@@H](CCCS(=O)CCCC(F)(F)C(F)(F)F)[C@H]3[C@@H]1CC[C@@H]2O.I. The average molecular weight is 1440 g/mol. The fourth-order valence-electron chi connectivity index (χ4n) is 15.8. The van der Waals surface area contributed by atoms with Gasteiger partial charge in [0.15, 0.2) is 0 Å². The number of hydrogen-bond donors (Lipinski definition) is 3. The van der Waals surface area contributed by atoms with Gasteiger partial charge in [-0.2, -0.15) is 43.9 Å². The van der Waals surface area contributed by atoms with Crippen LogP contribution in [0.15, 0.2) is 36.4 Å². The first-order valence-electron chi connectivity index (χ1n) is 31.5. The smallest absolute Gasteiger partial charge is 0.453 e. The third-order valence-electron chi connectivity index (χ3n) is 20.3. The van der Waals surface area contributed by atoms with E-state index < -0.39 is 77.4 Å². The Balaban J connectivity index is 0.000000303. The van der Waals surface area contributed by atoms with Gasteiger partial charge in [-0.05, 0) is 207 Å². The van der Waals surface area contributed by atoms with Crippen LogP contribution in [-0.2, 0) is 62.9 Å². The molecule has 25 heteroatoms. The lowest BCUT2D eigenvalue weighted by atomic mass is 9.52. The summed E-state index contributed by atoms with van der Waals surface area (Å²) >= 11 is 0. The first-order valence-corrected chi connectivity index (χ1v) is 34.5. The van der Waals surface area contributed by atoms with E-state index in [1.807, 2.05) is 24.3 Å². The standard InChI is InChI=1S/C38H57F5O9S.C26H35F5O3S.HI/c1-36-13-10-31-30-7-6-29(52-34(45)11-14-48-17-18-50-21-22-51-20-19-49-16-15-47-2)26-28(30)25-27(35(31)32(36)8-9-33(36)44)5-3-23-53(46)24-4-12-37(39,40)38(41,42)43;1-24-11-9-20-19-6-5-18(32)15-17(19)14-16(23(20)21(24)7-8-22(24)33)4-2-12-35(34)13-3-10-25(27,28)26(29,30)31;/h6-7,26-27,31-33,35,44H,3-5,8-25H2,1-2H3;5-6,15-16,20-23,32-33H,2-4,7-14H2,1H3;1H/t27-,31-,32+,33+,35-,36+,53?;16-,20-,21+,22+,23-,24+,35?;/m11./s1. The Morgan fingerprint density at radius 3 is 1.40 bits per heavy atom. The number of benzene rings is 2. The van der Waals surface area contributed by atoms with E-state index in [-0.39, 0.29) is 107 Å². The number of esters is 1. The predicted molar refractivity (Wildman–Crippen MR) is 329 cm³/mol. The summed E-state index contributed by atoms with van der Waals surface area (Å²) in [5, 5.41) is 31.7. The van der Waals surface area contributed by atoms with Crippen molar-refractivity contribution in [1.29, 1.82) is 0 Å². The molecule has 4 fully saturated rings. The van der Waals surface area contributed by atoms with Gasteiger partial charge in [-0.15, -0.1) is 24.0 Å². The minimum absolute atomic E-state index is 0. The zero-order chi connectivity index (χ0) is 64.1. The van der Waals surface area contributed by atoms with Gasteiger partial charge < -0.3 is 43.7 Å². The van der Waals surface area contributed by atoms with Crippen LogP contribution in [0, 0.1) is 46.3 Å². The Morgan fingerprint density at radius 2 is 0.966 bits per heavy atom. The zero-order valence-corrected chi connectivity index (χ0v) is 55.3. The van der Waals surface area contributed by atoms with Gasteiger partial charge >= 0.3 is 30.2 Å². The van der Waals surface area contributed by atoms with E-state index in [0.717, 1.165) is 81.8 Å². The van der Waals surface area contributed by atoms with Crippen LogP contribution in [-0.4, -0.2) is 156 Å². The molecule has 0 aliphatic heterocycles. The molecule has 0 bridgehead atoms. The van der Waals surface area contributed by atoms with Gasteiger partial charge in [0, 0.05) is 64.6 Å². The number of phenols is 1. The number of carbonyl (C=O) groups is 1. The zero-order valence-electron chi connectivity index (χ0n) is 51.4. The Kier molecular flexibility index (Phi) is 28.9. The highest BCUT2D eigenvalue weighted by molar-refractivity contribution is 14.0. The third kappa shape index (κ3) is 19.9. The molecule has 89 heavy (non-hydrogen) atoms. The summed E-state index contributed by atoms with van der Waals surface area (Å²) in [6.07, 6.45) is -4.02. The summed E-state index contributed by atoms with van der Waals surface area (Å²) in [5.41, 5.74) is 4.44. The van der Waals surface area contributed by atoms with Gasteiger partial charge in [-0.1, -0.05) is 26.0 Å². The first-order chi connectivity index (χ1) is 41.6. The number of methoxy groups -OCH3 is 1. The largest absolute Gasteiger partial charge is 0.508 e. The Morgan fingerprint density at radius 1 is 0.562 bits per heavy atom. The number of aromatic hydroxyl groups is 1. The van der Waals surface area contributed by atoms with E-state index in [1.165, 1.54) is 11.1 Å². The second-order valence-corrected chi connectivity index (χ2v) is 29.2. The first kappa shape index (κ1) is 75.8. The summed E-state index contributed by atoms with van der Waals surface area (Å²) in [5.74, 6) is -6.64. The van der Waals surface area contributed by atoms with Gasteiger partial charge in [-0.3, -0.25) is 13.2 Å². The molecule has 0 aromatic heterocycles. The molecular formula is C64H93F10IO12S2. The quantitative estimate of drug-likeness (QED) is 0.0209. The molecule has 0 saturated heterocycles. The van der Waals surface area contributed by atoms with Crippen LogP contribution in [0.3, 0.4) is 0 Å². The van der Waals surface area contributed by atoms with Crippen molar-refractivity contribution in [3.05, 3.63) is 58.7 Å². The molecule has 3 N–H and O–H groups in total. The lowest BCUT2D eigenvalue weighted by Crippen LogP contribution is -2.47. The van der Waals surface area contributed by atoms with Gasteiger partial charge in [0.25, 0.3) is 0 Å². The monoisotopic (exact) mass is 1430 g/mol. The number of aliphatic hydroxyl groups is 2. The summed E-state index contributed by atoms with van der Waals surface area (Å²) in [4.78, 5) is 12.6.